The first-order valence-corrected chi connectivity index (χ1v) is 7.82. The van der Waals surface area contributed by atoms with Crippen molar-refractivity contribution >= 4 is 12.0 Å². The number of carboxylic acid groups (broad SMARTS) is 1. The second-order valence-corrected chi connectivity index (χ2v) is 5.79. The van der Waals surface area contributed by atoms with Crippen LogP contribution in [0.4, 0.5) is 4.79 Å². The molecular formula is C15H28N2O3. The second-order valence-electron chi connectivity index (χ2n) is 5.79. The molecule has 116 valence electrons. The summed E-state index contributed by atoms with van der Waals surface area (Å²) in [5.74, 6) is -0.223. The quantitative estimate of drug-likeness (QED) is 0.672. The van der Waals surface area contributed by atoms with Crippen LogP contribution in [0.25, 0.3) is 0 Å². The molecule has 20 heavy (non-hydrogen) atoms. The van der Waals surface area contributed by atoms with Crippen molar-refractivity contribution in [3.63, 3.8) is 0 Å². The predicted octanol–water partition coefficient (Wildman–Crippen LogP) is 2.76. The standard InChI is InChI=1S/C15H28N2O3/c1-3-11(9-14(18)19)10-16-15(20)17-13-8-6-5-7-12(13)4-2/h11-13H,3-10H2,1-2H3,(H,18,19)(H2,16,17,20). The van der Waals surface area contributed by atoms with Crippen LogP contribution in [0, 0.1) is 11.8 Å². The van der Waals surface area contributed by atoms with E-state index in [0.717, 1.165) is 19.3 Å². The summed E-state index contributed by atoms with van der Waals surface area (Å²) >= 11 is 0. The van der Waals surface area contributed by atoms with Crippen molar-refractivity contribution in [1.82, 2.24) is 10.6 Å². The maximum absolute atomic E-state index is 11.9. The molecule has 0 heterocycles. The number of amides is 2. The average molecular weight is 284 g/mol. The molecule has 5 nitrogen and oxygen atoms in total. The molecule has 3 atom stereocenters. The Labute approximate surface area is 121 Å². The minimum Gasteiger partial charge on any atom is -0.481 e. The van der Waals surface area contributed by atoms with E-state index >= 15 is 0 Å². The zero-order chi connectivity index (χ0) is 15.0. The molecule has 0 aliphatic heterocycles. The molecule has 0 spiro atoms. The topological polar surface area (TPSA) is 78.4 Å². The maximum atomic E-state index is 11.9. The van der Waals surface area contributed by atoms with Gasteiger partial charge in [0.25, 0.3) is 0 Å². The minimum atomic E-state index is -0.808. The van der Waals surface area contributed by atoms with E-state index in [1.807, 2.05) is 6.92 Å². The highest BCUT2D eigenvalue weighted by Crippen LogP contribution is 2.26. The van der Waals surface area contributed by atoms with Crippen molar-refractivity contribution < 1.29 is 14.7 Å². The number of carboxylic acids is 1. The lowest BCUT2D eigenvalue weighted by molar-refractivity contribution is -0.138. The molecule has 0 radical (unpaired) electrons. The Balaban J connectivity index is 2.33. The lowest BCUT2D eigenvalue weighted by Crippen LogP contribution is -2.47. The highest BCUT2D eigenvalue weighted by molar-refractivity contribution is 5.74. The van der Waals surface area contributed by atoms with Crippen molar-refractivity contribution in [3.05, 3.63) is 0 Å². The number of rotatable bonds is 7. The number of aliphatic carboxylic acids is 1. The SMILES string of the molecule is CCC(CNC(=O)NC1CCCCC1CC)CC(=O)O. The van der Waals surface area contributed by atoms with E-state index in [0.29, 0.717) is 12.5 Å². The Morgan fingerprint density at radius 2 is 1.95 bits per heavy atom. The molecule has 0 saturated heterocycles. The van der Waals surface area contributed by atoms with Crippen LogP contribution >= 0.6 is 0 Å². The molecule has 1 aliphatic rings. The van der Waals surface area contributed by atoms with Crippen molar-refractivity contribution in [1.29, 1.82) is 0 Å². The summed E-state index contributed by atoms with van der Waals surface area (Å²) in [6.07, 6.45) is 6.65. The van der Waals surface area contributed by atoms with Crippen LogP contribution in [0.2, 0.25) is 0 Å². The second kappa shape index (κ2) is 8.82. The molecule has 1 saturated carbocycles. The lowest BCUT2D eigenvalue weighted by Gasteiger charge is -2.31. The van der Waals surface area contributed by atoms with Crippen molar-refractivity contribution in [2.75, 3.05) is 6.54 Å². The van der Waals surface area contributed by atoms with Gasteiger partial charge >= 0.3 is 12.0 Å². The van der Waals surface area contributed by atoms with Crippen LogP contribution in [0.15, 0.2) is 0 Å². The van der Waals surface area contributed by atoms with Crippen LogP contribution in [-0.2, 0) is 4.79 Å². The Bertz CT molecular complexity index is 320. The fourth-order valence-electron chi connectivity index (χ4n) is 2.95. The van der Waals surface area contributed by atoms with E-state index in [1.54, 1.807) is 0 Å². The molecule has 3 N–H and O–H groups in total. The molecule has 1 fully saturated rings. The Morgan fingerprint density at radius 3 is 2.55 bits per heavy atom. The molecule has 5 heteroatoms. The summed E-state index contributed by atoms with van der Waals surface area (Å²) in [5.41, 5.74) is 0. The first-order chi connectivity index (χ1) is 9.56. The van der Waals surface area contributed by atoms with Crippen molar-refractivity contribution in [2.45, 2.75) is 64.8 Å². The zero-order valence-electron chi connectivity index (χ0n) is 12.7. The van der Waals surface area contributed by atoms with Crippen LogP contribution < -0.4 is 10.6 Å². The van der Waals surface area contributed by atoms with Gasteiger partial charge < -0.3 is 15.7 Å². The molecular weight excluding hydrogens is 256 g/mol. The third-order valence-corrected chi connectivity index (χ3v) is 4.34. The van der Waals surface area contributed by atoms with Crippen LogP contribution in [-0.4, -0.2) is 29.7 Å². The molecule has 1 rings (SSSR count). The van der Waals surface area contributed by atoms with Crippen LogP contribution in [0.5, 0.6) is 0 Å². The van der Waals surface area contributed by atoms with Crippen molar-refractivity contribution in [2.24, 2.45) is 11.8 Å². The molecule has 0 aromatic rings. The molecule has 0 bridgehead atoms. The maximum Gasteiger partial charge on any atom is 0.315 e. The Morgan fingerprint density at radius 1 is 1.25 bits per heavy atom. The van der Waals surface area contributed by atoms with Gasteiger partial charge in [-0.25, -0.2) is 4.79 Å². The number of carbonyl (C=O) groups is 2. The number of carbonyl (C=O) groups excluding carboxylic acids is 1. The highest BCUT2D eigenvalue weighted by atomic mass is 16.4. The fourth-order valence-corrected chi connectivity index (χ4v) is 2.95. The van der Waals surface area contributed by atoms with Gasteiger partial charge in [0, 0.05) is 19.0 Å². The highest BCUT2D eigenvalue weighted by Gasteiger charge is 2.25. The van der Waals surface area contributed by atoms with Gasteiger partial charge in [0.1, 0.15) is 0 Å². The largest absolute Gasteiger partial charge is 0.481 e. The minimum absolute atomic E-state index is 0.00609. The third-order valence-electron chi connectivity index (χ3n) is 4.34. The molecule has 0 aromatic carbocycles. The Hall–Kier alpha value is -1.26. The van der Waals surface area contributed by atoms with Gasteiger partial charge in [-0.1, -0.05) is 39.5 Å². The third kappa shape index (κ3) is 5.80. The molecule has 0 aromatic heterocycles. The van der Waals surface area contributed by atoms with Crippen molar-refractivity contribution in [3.8, 4) is 0 Å². The normalized spacial score (nSPS) is 23.9. The van der Waals surface area contributed by atoms with E-state index in [9.17, 15) is 9.59 Å². The van der Waals surface area contributed by atoms with Gasteiger partial charge in [-0.2, -0.15) is 0 Å². The van der Waals surface area contributed by atoms with Gasteiger partial charge in [0.2, 0.25) is 0 Å². The summed E-state index contributed by atoms with van der Waals surface area (Å²) in [6, 6.07) is 0.118. The first-order valence-electron chi connectivity index (χ1n) is 7.82. The van der Waals surface area contributed by atoms with Gasteiger partial charge in [-0.15, -0.1) is 0 Å². The Kier molecular flexibility index (Phi) is 7.41. The summed E-state index contributed by atoms with van der Waals surface area (Å²) in [5, 5.41) is 14.7. The number of urea groups is 1. The van der Waals surface area contributed by atoms with Gasteiger partial charge in [0.15, 0.2) is 0 Å². The lowest BCUT2D eigenvalue weighted by atomic mass is 9.83. The molecule has 2 amide bonds. The predicted molar refractivity (Wildman–Crippen MR) is 78.6 cm³/mol. The van der Waals surface area contributed by atoms with E-state index in [-0.39, 0.29) is 24.4 Å². The summed E-state index contributed by atoms with van der Waals surface area (Å²) in [7, 11) is 0. The number of hydrogen-bond donors (Lipinski definition) is 3. The van der Waals surface area contributed by atoms with E-state index < -0.39 is 5.97 Å². The van der Waals surface area contributed by atoms with Gasteiger partial charge in [-0.05, 0) is 24.7 Å². The summed E-state index contributed by atoms with van der Waals surface area (Å²) < 4.78 is 0. The fraction of sp³-hybridized carbons (Fsp3) is 0.867. The van der Waals surface area contributed by atoms with Gasteiger partial charge in [-0.3, -0.25) is 4.79 Å². The molecule has 1 aliphatic carbocycles. The zero-order valence-corrected chi connectivity index (χ0v) is 12.7. The monoisotopic (exact) mass is 284 g/mol. The average Bonchev–Trinajstić information content (AvgIpc) is 2.43. The van der Waals surface area contributed by atoms with Gasteiger partial charge in [0.05, 0.1) is 0 Å². The number of nitrogens with one attached hydrogen (secondary N) is 2. The van der Waals surface area contributed by atoms with E-state index in [4.69, 9.17) is 5.11 Å². The summed E-state index contributed by atoms with van der Waals surface area (Å²) in [4.78, 5) is 22.6. The first kappa shape index (κ1) is 16.8. The molecule has 3 unspecified atom stereocenters. The van der Waals surface area contributed by atoms with Crippen LogP contribution in [0.1, 0.15) is 58.8 Å². The smallest absolute Gasteiger partial charge is 0.315 e. The van der Waals surface area contributed by atoms with E-state index in [1.165, 1.54) is 19.3 Å². The summed E-state index contributed by atoms with van der Waals surface area (Å²) in [6.45, 7) is 4.54. The van der Waals surface area contributed by atoms with Crippen LogP contribution in [0.3, 0.4) is 0 Å². The van der Waals surface area contributed by atoms with E-state index in [2.05, 4.69) is 17.6 Å². The number of hydrogen-bond acceptors (Lipinski definition) is 2.